The van der Waals surface area contributed by atoms with Crippen molar-refractivity contribution in [2.24, 2.45) is 5.14 Å². The van der Waals surface area contributed by atoms with Crippen LogP contribution in [-0.2, 0) is 20.2 Å². The standard InChI is InChI=1S/C10H16FN3O4S2/c1-10(2,3)14-20(17,18)13-8-6-7(11)4-5-9(8)19(12,15)16/h4-6,13-14H,1-3H3,(H2,12,15,16). The molecule has 4 N–H and O–H groups in total. The van der Waals surface area contributed by atoms with Crippen LogP contribution >= 0.6 is 0 Å². The number of halogens is 1. The predicted molar refractivity (Wildman–Crippen MR) is 73.2 cm³/mol. The van der Waals surface area contributed by atoms with Crippen molar-refractivity contribution in [2.45, 2.75) is 31.2 Å². The Morgan fingerprint density at radius 2 is 1.70 bits per heavy atom. The summed E-state index contributed by atoms with van der Waals surface area (Å²) < 4.78 is 63.7. The van der Waals surface area contributed by atoms with Crippen molar-refractivity contribution in [1.29, 1.82) is 0 Å². The molecule has 7 nitrogen and oxygen atoms in total. The van der Waals surface area contributed by atoms with E-state index in [1.165, 1.54) is 0 Å². The SMILES string of the molecule is CC(C)(C)NS(=O)(=O)Nc1cc(F)ccc1S(N)(=O)=O. The first-order valence-corrected chi connectivity index (χ1v) is 8.47. The molecular formula is C10H16FN3O4S2. The molecule has 0 aliphatic heterocycles. The fraction of sp³-hybridized carbons (Fsp3) is 0.400. The topological polar surface area (TPSA) is 118 Å². The Hall–Kier alpha value is -1.23. The minimum absolute atomic E-state index is 0.454. The third kappa shape index (κ3) is 5.04. The second kappa shape index (κ2) is 5.28. The average molecular weight is 325 g/mol. The van der Waals surface area contributed by atoms with E-state index in [0.29, 0.717) is 0 Å². The largest absolute Gasteiger partial charge is 0.299 e. The lowest BCUT2D eigenvalue weighted by atomic mass is 10.1. The van der Waals surface area contributed by atoms with Gasteiger partial charge >= 0.3 is 0 Å². The van der Waals surface area contributed by atoms with Gasteiger partial charge in [-0.3, -0.25) is 4.72 Å². The van der Waals surface area contributed by atoms with Gasteiger partial charge in [-0.05, 0) is 39.0 Å². The Labute approximate surface area is 117 Å². The van der Waals surface area contributed by atoms with E-state index in [2.05, 4.69) is 4.72 Å². The molecule has 0 unspecified atom stereocenters. The molecule has 10 heteroatoms. The number of primary sulfonamides is 1. The molecule has 1 rings (SSSR count). The van der Waals surface area contributed by atoms with Gasteiger partial charge in [0.15, 0.2) is 0 Å². The summed E-state index contributed by atoms with van der Waals surface area (Å²) in [5.41, 5.74) is -1.25. The van der Waals surface area contributed by atoms with E-state index in [0.717, 1.165) is 18.2 Å². The summed E-state index contributed by atoms with van der Waals surface area (Å²) in [7, 11) is -8.27. The lowest BCUT2D eigenvalue weighted by Crippen LogP contribution is -2.43. The van der Waals surface area contributed by atoms with Gasteiger partial charge in [0.25, 0.3) is 10.2 Å². The zero-order chi connectivity index (χ0) is 15.8. The van der Waals surface area contributed by atoms with Gasteiger partial charge in [0.1, 0.15) is 10.7 Å². The van der Waals surface area contributed by atoms with Gasteiger partial charge in [0.2, 0.25) is 10.0 Å². The Morgan fingerprint density at radius 1 is 1.15 bits per heavy atom. The molecule has 114 valence electrons. The van der Waals surface area contributed by atoms with Crippen LogP contribution in [0.1, 0.15) is 20.8 Å². The summed E-state index contributed by atoms with van der Waals surface area (Å²) in [6.45, 7) is 4.79. The normalized spacial score (nSPS) is 13.2. The van der Waals surface area contributed by atoms with Gasteiger partial charge in [0, 0.05) is 5.54 Å². The lowest BCUT2D eigenvalue weighted by Gasteiger charge is -2.21. The maximum absolute atomic E-state index is 13.2. The summed E-state index contributed by atoms with van der Waals surface area (Å²) in [6, 6.07) is 2.50. The minimum Gasteiger partial charge on any atom is -0.270 e. The van der Waals surface area contributed by atoms with Crippen LogP contribution in [0, 0.1) is 5.82 Å². The van der Waals surface area contributed by atoms with Gasteiger partial charge in [-0.15, -0.1) is 0 Å². The number of nitrogens with one attached hydrogen (secondary N) is 2. The third-order valence-corrected chi connectivity index (χ3v) is 4.27. The van der Waals surface area contributed by atoms with Crippen molar-refractivity contribution in [3.63, 3.8) is 0 Å². The van der Waals surface area contributed by atoms with Crippen LogP contribution < -0.4 is 14.6 Å². The van der Waals surface area contributed by atoms with Gasteiger partial charge in [-0.2, -0.15) is 13.1 Å². The molecule has 0 radical (unpaired) electrons. The number of hydrogen-bond acceptors (Lipinski definition) is 4. The van der Waals surface area contributed by atoms with Crippen molar-refractivity contribution in [3.8, 4) is 0 Å². The summed E-state index contributed by atoms with van der Waals surface area (Å²) in [4.78, 5) is -0.516. The number of sulfonamides is 1. The van der Waals surface area contributed by atoms with Crippen LogP contribution in [0.5, 0.6) is 0 Å². The molecule has 0 saturated carbocycles. The fourth-order valence-electron chi connectivity index (χ4n) is 1.40. The van der Waals surface area contributed by atoms with Crippen molar-refractivity contribution in [1.82, 2.24) is 4.72 Å². The molecule has 0 fully saturated rings. The Morgan fingerprint density at radius 3 is 2.15 bits per heavy atom. The Balaban J connectivity index is 3.25. The van der Waals surface area contributed by atoms with E-state index in [9.17, 15) is 21.2 Å². The summed E-state index contributed by atoms with van der Waals surface area (Å²) in [5, 5.41) is 4.95. The van der Waals surface area contributed by atoms with Crippen LogP contribution in [0.4, 0.5) is 10.1 Å². The molecule has 20 heavy (non-hydrogen) atoms. The first kappa shape index (κ1) is 16.8. The highest BCUT2D eigenvalue weighted by atomic mass is 32.2. The van der Waals surface area contributed by atoms with Gasteiger partial charge in [-0.25, -0.2) is 17.9 Å². The molecule has 0 heterocycles. The molecule has 0 spiro atoms. The minimum atomic E-state index is -4.19. The van der Waals surface area contributed by atoms with Gasteiger partial charge in [-0.1, -0.05) is 0 Å². The highest BCUT2D eigenvalue weighted by Gasteiger charge is 2.23. The molecule has 1 aromatic rings. The molecule has 0 amide bonds. The van der Waals surface area contributed by atoms with Crippen LogP contribution in [0.3, 0.4) is 0 Å². The average Bonchev–Trinajstić information content (AvgIpc) is 2.09. The maximum Gasteiger partial charge on any atom is 0.299 e. The third-order valence-electron chi connectivity index (χ3n) is 1.93. The van der Waals surface area contributed by atoms with Crippen LogP contribution in [-0.4, -0.2) is 22.4 Å². The smallest absolute Gasteiger partial charge is 0.270 e. The van der Waals surface area contributed by atoms with Crippen LogP contribution in [0.15, 0.2) is 23.1 Å². The van der Waals surface area contributed by atoms with Crippen molar-refractivity contribution < 1.29 is 21.2 Å². The molecule has 0 atom stereocenters. The van der Waals surface area contributed by atoms with Gasteiger partial charge in [0.05, 0.1) is 5.69 Å². The molecule has 0 aliphatic carbocycles. The quantitative estimate of drug-likeness (QED) is 0.747. The van der Waals surface area contributed by atoms with Crippen molar-refractivity contribution in [2.75, 3.05) is 4.72 Å². The summed E-state index contributed by atoms with van der Waals surface area (Å²) in [5.74, 6) is -0.800. The van der Waals surface area contributed by atoms with E-state index in [4.69, 9.17) is 5.14 Å². The van der Waals surface area contributed by atoms with Crippen LogP contribution in [0.25, 0.3) is 0 Å². The van der Waals surface area contributed by atoms with Crippen LogP contribution in [0.2, 0.25) is 0 Å². The molecule has 1 aromatic carbocycles. The first-order chi connectivity index (χ1) is 8.80. The summed E-state index contributed by atoms with van der Waals surface area (Å²) >= 11 is 0. The zero-order valence-electron chi connectivity index (χ0n) is 11.1. The van der Waals surface area contributed by atoms with Crippen molar-refractivity contribution in [3.05, 3.63) is 24.0 Å². The Kier molecular flexibility index (Phi) is 4.44. The number of anilines is 1. The monoisotopic (exact) mass is 325 g/mol. The highest BCUT2D eigenvalue weighted by Crippen LogP contribution is 2.22. The second-order valence-electron chi connectivity index (χ2n) is 5.14. The molecular weight excluding hydrogens is 309 g/mol. The van der Waals surface area contributed by atoms with Crippen molar-refractivity contribution >= 4 is 25.9 Å². The van der Waals surface area contributed by atoms with E-state index < -0.39 is 42.2 Å². The molecule has 0 aliphatic rings. The first-order valence-electron chi connectivity index (χ1n) is 5.44. The number of nitrogens with two attached hydrogens (primary N) is 1. The fourth-order valence-corrected chi connectivity index (χ4v) is 3.46. The predicted octanol–water partition coefficient (Wildman–Crippen LogP) is 0.518. The Bertz CT molecular complexity index is 709. The lowest BCUT2D eigenvalue weighted by molar-refractivity contribution is 0.494. The van der Waals surface area contributed by atoms with E-state index in [1.807, 2.05) is 4.72 Å². The van der Waals surface area contributed by atoms with E-state index >= 15 is 0 Å². The molecule has 0 saturated heterocycles. The number of rotatable bonds is 4. The number of hydrogen-bond donors (Lipinski definition) is 3. The zero-order valence-corrected chi connectivity index (χ0v) is 12.8. The molecule has 0 bridgehead atoms. The second-order valence-corrected chi connectivity index (χ2v) is 8.09. The van der Waals surface area contributed by atoms with E-state index in [-0.39, 0.29) is 0 Å². The summed E-state index contributed by atoms with van der Waals surface area (Å²) in [6.07, 6.45) is 0. The van der Waals surface area contributed by atoms with E-state index in [1.54, 1.807) is 20.8 Å². The highest BCUT2D eigenvalue weighted by molar-refractivity contribution is 7.91. The number of benzene rings is 1. The maximum atomic E-state index is 13.2. The molecule has 0 aromatic heterocycles. The van der Waals surface area contributed by atoms with Gasteiger partial charge < -0.3 is 0 Å².